The lowest BCUT2D eigenvalue weighted by atomic mass is 10.1. The molecule has 9 heavy (non-hydrogen) atoms. The molecule has 0 atom stereocenters. The van der Waals surface area contributed by atoms with Crippen LogP contribution in [0.1, 0.15) is 20.3 Å². The van der Waals surface area contributed by atoms with Gasteiger partial charge in [0.05, 0.1) is 0 Å². The van der Waals surface area contributed by atoms with Crippen LogP contribution in [0.4, 0.5) is 0 Å². The molecule has 0 unspecified atom stereocenters. The molecule has 0 heterocycles. The zero-order valence-corrected chi connectivity index (χ0v) is 9.90. The van der Waals surface area contributed by atoms with Gasteiger partial charge in [-0.2, -0.15) is 0 Å². The monoisotopic (exact) mass is 276 g/mol. The van der Waals surface area contributed by atoms with E-state index in [1.165, 1.54) is 10.8 Å². The Morgan fingerprint density at radius 2 is 2.00 bits per heavy atom. The number of rotatable bonds is 4. The second-order valence-electron chi connectivity index (χ2n) is 2.45. The van der Waals surface area contributed by atoms with Gasteiger partial charge < -0.3 is 0 Å². The van der Waals surface area contributed by atoms with E-state index in [0.29, 0.717) is 4.75 Å². The van der Waals surface area contributed by atoms with Gasteiger partial charge in [0.15, 0.2) is 0 Å². The van der Waals surface area contributed by atoms with Crippen molar-refractivity contribution in [2.75, 3.05) is 10.7 Å². The van der Waals surface area contributed by atoms with Crippen molar-refractivity contribution in [3.63, 3.8) is 0 Å². The lowest BCUT2D eigenvalue weighted by molar-refractivity contribution is 0.702. The highest BCUT2D eigenvalue weighted by Crippen LogP contribution is 2.36. The largest absolute Gasteiger partial charge is 0.0971 e. The minimum atomic E-state index is 0.473. The van der Waals surface area contributed by atoms with Crippen molar-refractivity contribution in [1.29, 1.82) is 0 Å². The SMILES string of the molecule is CSSC(C)(C)CCI. The Bertz CT molecular complexity index is 65.5. The molecule has 0 saturated carbocycles. The van der Waals surface area contributed by atoms with Gasteiger partial charge in [-0.3, -0.25) is 0 Å². The Morgan fingerprint density at radius 1 is 1.44 bits per heavy atom. The molecule has 0 N–H and O–H groups in total. The van der Waals surface area contributed by atoms with Crippen LogP contribution in [0.2, 0.25) is 0 Å². The van der Waals surface area contributed by atoms with Crippen LogP contribution in [0.15, 0.2) is 0 Å². The fourth-order valence-electron chi connectivity index (χ4n) is 0.495. The fourth-order valence-corrected chi connectivity index (χ4v) is 4.45. The van der Waals surface area contributed by atoms with Gasteiger partial charge in [0.1, 0.15) is 0 Å². The van der Waals surface area contributed by atoms with Crippen LogP contribution in [0.5, 0.6) is 0 Å². The third-order valence-corrected chi connectivity index (χ3v) is 4.22. The maximum absolute atomic E-state index is 2.43. The number of alkyl halides is 1. The smallest absolute Gasteiger partial charge is 0.0214 e. The average Bonchev–Trinajstić information content (AvgIpc) is 1.64. The first kappa shape index (κ1) is 10.4. The molecule has 0 aromatic carbocycles. The summed E-state index contributed by atoms with van der Waals surface area (Å²) in [7, 11) is 3.83. The van der Waals surface area contributed by atoms with Crippen molar-refractivity contribution in [2.24, 2.45) is 0 Å². The van der Waals surface area contributed by atoms with Gasteiger partial charge in [0.25, 0.3) is 0 Å². The Labute approximate surface area is 79.5 Å². The minimum Gasteiger partial charge on any atom is -0.0971 e. The molecule has 0 aliphatic rings. The minimum absolute atomic E-state index is 0.473. The fraction of sp³-hybridized carbons (Fsp3) is 1.00. The number of hydrogen-bond donors (Lipinski definition) is 0. The third-order valence-electron chi connectivity index (χ3n) is 1.01. The molecule has 3 heteroatoms. The Kier molecular flexibility index (Phi) is 5.94. The van der Waals surface area contributed by atoms with Gasteiger partial charge in [-0.15, -0.1) is 0 Å². The lowest BCUT2D eigenvalue weighted by Gasteiger charge is -2.20. The van der Waals surface area contributed by atoms with E-state index in [4.69, 9.17) is 0 Å². The molecule has 0 rings (SSSR count). The average molecular weight is 276 g/mol. The predicted molar refractivity (Wildman–Crippen MR) is 58.7 cm³/mol. The quantitative estimate of drug-likeness (QED) is 0.437. The molecule has 0 aliphatic heterocycles. The molecular formula is C6H13IS2. The van der Waals surface area contributed by atoms with Gasteiger partial charge in [0.2, 0.25) is 0 Å². The van der Waals surface area contributed by atoms with Gasteiger partial charge >= 0.3 is 0 Å². The van der Waals surface area contributed by atoms with E-state index in [-0.39, 0.29) is 0 Å². The van der Waals surface area contributed by atoms with Gasteiger partial charge in [-0.25, -0.2) is 0 Å². The number of hydrogen-bond acceptors (Lipinski definition) is 2. The van der Waals surface area contributed by atoms with Gasteiger partial charge in [-0.1, -0.05) is 44.2 Å². The van der Waals surface area contributed by atoms with Crippen LogP contribution in [-0.4, -0.2) is 15.4 Å². The normalized spacial score (nSPS) is 12.0. The summed E-state index contributed by atoms with van der Waals surface area (Å²) >= 11 is 2.43. The highest BCUT2D eigenvalue weighted by atomic mass is 127. The topological polar surface area (TPSA) is 0 Å². The maximum atomic E-state index is 2.43. The molecule has 0 saturated heterocycles. The van der Waals surface area contributed by atoms with Gasteiger partial charge in [0, 0.05) is 9.17 Å². The van der Waals surface area contributed by atoms with Crippen LogP contribution in [0.25, 0.3) is 0 Å². The maximum Gasteiger partial charge on any atom is 0.0214 e. The molecule has 0 aliphatic carbocycles. The van der Waals surface area contributed by atoms with Crippen LogP contribution < -0.4 is 0 Å². The first-order valence-corrected chi connectivity index (χ1v) is 6.98. The molecule has 56 valence electrons. The van der Waals surface area contributed by atoms with E-state index in [9.17, 15) is 0 Å². The number of halogens is 1. The van der Waals surface area contributed by atoms with E-state index >= 15 is 0 Å². The van der Waals surface area contributed by atoms with Crippen LogP contribution in [0, 0.1) is 0 Å². The molecule has 0 bridgehead atoms. The summed E-state index contributed by atoms with van der Waals surface area (Å²) in [4.78, 5) is 0. The molecule has 0 nitrogen and oxygen atoms in total. The van der Waals surface area contributed by atoms with Crippen molar-refractivity contribution < 1.29 is 0 Å². The van der Waals surface area contributed by atoms with Crippen molar-refractivity contribution in [2.45, 2.75) is 25.0 Å². The van der Waals surface area contributed by atoms with E-state index < -0.39 is 0 Å². The van der Waals surface area contributed by atoms with Crippen LogP contribution in [-0.2, 0) is 0 Å². The molecule has 0 amide bonds. The summed E-state index contributed by atoms with van der Waals surface area (Å²) < 4.78 is 1.74. The van der Waals surface area contributed by atoms with E-state index in [1.54, 1.807) is 0 Å². The highest BCUT2D eigenvalue weighted by Gasteiger charge is 2.16. The van der Waals surface area contributed by atoms with Gasteiger partial charge in [-0.05, 0) is 26.5 Å². The Balaban J connectivity index is 3.43. The summed E-state index contributed by atoms with van der Waals surface area (Å²) in [5, 5.41) is 0. The summed E-state index contributed by atoms with van der Waals surface area (Å²) in [6.07, 6.45) is 3.44. The van der Waals surface area contributed by atoms with E-state index in [2.05, 4.69) is 42.7 Å². The Morgan fingerprint density at radius 3 is 2.33 bits per heavy atom. The Hall–Kier alpha value is 1.43. The summed E-state index contributed by atoms with van der Waals surface area (Å²) in [5.74, 6) is 0. The highest BCUT2D eigenvalue weighted by molar-refractivity contribution is 14.1. The zero-order valence-electron chi connectivity index (χ0n) is 6.11. The van der Waals surface area contributed by atoms with Crippen molar-refractivity contribution >= 4 is 44.2 Å². The second-order valence-corrected chi connectivity index (χ2v) is 6.63. The standard InChI is InChI=1S/C6H13IS2/c1-6(2,4-5-7)9-8-3/h4-5H2,1-3H3. The molecule has 0 fully saturated rings. The lowest BCUT2D eigenvalue weighted by Crippen LogP contribution is -2.12. The zero-order chi connectivity index (χ0) is 7.33. The summed E-state index contributed by atoms with van der Waals surface area (Å²) in [5.41, 5.74) is 0. The molecule has 0 radical (unpaired) electrons. The van der Waals surface area contributed by atoms with Crippen LogP contribution in [0.3, 0.4) is 0 Å². The van der Waals surface area contributed by atoms with E-state index in [0.717, 1.165) is 0 Å². The van der Waals surface area contributed by atoms with Crippen molar-refractivity contribution in [3.05, 3.63) is 0 Å². The molecule has 0 aromatic heterocycles. The van der Waals surface area contributed by atoms with Crippen molar-refractivity contribution in [3.8, 4) is 0 Å². The van der Waals surface area contributed by atoms with Crippen molar-refractivity contribution in [1.82, 2.24) is 0 Å². The summed E-state index contributed by atoms with van der Waals surface area (Å²) in [6.45, 7) is 4.60. The van der Waals surface area contributed by atoms with E-state index in [1.807, 2.05) is 21.6 Å². The first-order chi connectivity index (χ1) is 4.12. The molecule has 0 spiro atoms. The first-order valence-electron chi connectivity index (χ1n) is 2.90. The molecular weight excluding hydrogens is 263 g/mol. The molecule has 0 aromatic rings. The third kappa shape index (κ3) is 5.85. The second kappa shape index (κ2) is 5.13. The predicted octanol–water partition coefficient (Wildman–Crippen LogP) is 3.60. The summed E-state index contributed by atoms with van der Waals surface area (Å²) in [6, 6.07) is 0. The van der Waals surface area contributed by atoms with Crippen LogP contribution >= 0.6 is 44.2 Å².